The number of guanidine groups is 1. The van der Waals surface area contributed by atoms with Gasteiger partial charge in [0.15, 0.2) is 5.96 Å². The second-order valence-electron chi connectivity index (χ2n) is 4.45. The molecule has 0 radical (unpaired) electrons. The highest BCUT2D eigenvalue weighted by molar-refractivity contribution is 5.84. The maximum atomic E-state index is 6.00. The van der Waals surface area contributed by atoms with E-state index >= 15 is 0 Å². The molecular weight excluding hydrogens is 222 g/mol. The van der Waals surface area contributed by atoms with Crippen LogP contribution in [0.5, 0.6) is 0 Å². The SMILES string of the molecule is CN1C(N)=Nc2ccccc2C1c1ccccc1. The maximum absolute atomic E-state index is 6.00. The van der Waals surface area contributed by atoms with Crippen LogP contribution in [0.4, 0.5) is 5.69 Å². The zero-order valence-electron chi connectivity index (χ0n) is 10.2. The van der Waals surface area contributed by atoms with E-state index in [1.54, 1.807) is 0 Å². The second kappa shape index (κ2) is 4.18. The van der Waals surface area contributed by atoms with Gasteiger partial charge in [0.25, 0.3) is 0 Å². The molecule has 0 aliphatic carbocycles. The molecule has 3 nitrogen and oxygen atoms in total. The zero-order chi connectivity index (χ0) is 12.5. The van der Waals surface area contributed by atoms with Gasteiger partial charge in [-0.05, 0) is 11.6 Å². The van der Waals surface area contributed by atoms with Crippen LogP contribution in [-0.2, 0) is 0 Å². The normalized spacial score (nSPS) is 18.2. The molecule has 90 valence electrons. The number of benzene rings is 2. The van der Waals surface area contributed by atoms with Crippen molar-refractivity contribution < 1.29 is 0 Å². The molecule has 0 spiro atoms. The average molecular weight is 237 g/mol. The number of hydrogen-bond donors (Lipinski definition) is 1. The minimum absolute atomic E-state index is 0.139. The zero-order valence-corrected chi connectivity index (χ0v) is 10.2. The maximum Gasteiger partial charge on any atom is 0.197 e. The van der Waals surface area contributed by atoms with Crippen LogP contribution in [0.15, 0.2) is 59.6 Å². The summed E-state index contributed by atoms with van der Waals surface area (Å²) in [5.74, 6) is 0.558. The van der Waals surface area contributed by atoms with Crippen molar-refractivity contribution in [1.82, 2.24) is 4.90 Å². The lowest BCUT2D eigenvalue weighted by Crippen LogP contribution is -2.39. The van der Waals surface area contributed by atoms with Crippen LogP contribution in [-0.4, -0.2) is 17.9 Å². The fourth-order valence-electron chi connectivity index (χ4n) is 2.40. The Bertz CT molecular complexity index is 590. The first kappa shape index (κ1) is 10.8. The summed E-state index contributed by atoms with van der Waals surface area (Å²) in [5.41, 5.74) is 9.38. The van der Waals surface area contributed by atoms with Gasteiger partial charge in [-0.2, -0.15) is 0 Å². The summed E-state index contributed by atoms with van der Waals surface area (Å²) in [6.45, 7) is 0. The quantitative estimate of drug-likeness (QED) is 0.828. The van der Waals surface area contributed by atoms with Crippen molar-refractivity contribution in [2.24, 2.45) is 10.7 Å². The highest BCUT2D eigenvalue weighted by Gasteiger charge is 2.26. The Morgan fingerprint density at radius 1 is 1.00 bits per heavy atom. The van der Waals surface area contributed by atoms with E-state index in [9.17, 15) is 0 Å². The van der Waals surface area contributed by atoms with E-state index in [0.29, 0.717) is 5.96 Å². The molecule has 0 fully saturated rings. The molecule has 1 aliphatic rings. The lowest BCUT2D eigenvalue weighted by atomic mass is 9.95. The van der Waals surface area contributed by atoms with Crippen LogP contribution in [0.3, 0.4) is 0 Å². The van der Waals surface area contributed by atoms with Crippen LogP contribution < -0.4 is 5.73 Å². The van der Waals surface area contributed by atoms with Crippen LogP contribution in [0, 0.1) is 0 Å². The Labute approximate surface area is 107 Å². The van der Waals surface area contributed by atoms with Crippen molar-refractivity contribution in [3.63, 3.8) is 0 Å². The van der Waals surface area contributed by atoms with E-state index in [4.69, 9.17) is 5.73 Å². The Balaban J connectivity index is 2.17. The molecule has 3 rings (SSSR count). The average Bonchev–Trinajstić information content (AvgIpc) is 2.41. The Morgan fingerprint density at radius 2 is 1.67 bits per heavy atom. The minimum atomic E-state index is 0.139. The van der Waals surface area contributed by atoms with E-state index in [1.165, 1.54) is 11.1 Å². The largest absolute Gasteiger partial charge is 0.369 e. The smallest absolute Gasteiger partial charge is 0.197 e. The molecule has 1 atom stereocenters. The van der Waals surface area contributed by atoms with Gasteiger partial charge >= 0.3 is 0 Å². The first-order chi connectivity index (χ1) is 8.77. The van der Waals surface area contributed by atoms with Gasteiger partial charge < -0.3 is 10.6 Å². The topological polar surface area (TPSA) is 41.6 Å². The molecule has 0 bridgehead atoms. The molecule has 1 aliphatic heterocycles. The van der Waals surface area contributed by atoms with Crippen LogP contribution in [0.2, 0.25) is 0 Å². The summed E-state index contributed by atoms with van der Waals surface area (Å²) in [7, 11) is 1.98. The van der Waals surface area contributed by atoms with Gasteiger partial charge in [-0.3, -0.25) is 0 Å². The number of nitrogens with two attached hydrogens (primary N) is 1. The first-order valence-corrected chi connectivity index (χ1v) is 5.98. The summed E-state index contributed by atoms with van der Waals surface area (Å²) < 4.78 is 0. The van der Waals surface area contributed by atoms with Crippen molar-refractivity contribution in [2.75, 3.05) is 7.05 Å². The van der Waals surface area contributed by atoms with Crippen molar-refractivity contribution in [3.05, 3.63) is 65.7 Å². The van der Waals surface area contributed by atoms with Crippen molar-refractivity contribution in [3.8, 4) is 0 Å². The van der Waals surface area contributed by atoms with Crippen molar-refractivity contribution >= 4 is 11.6 Å². The summed E-state index contributed by atoms with van der Waals surface area (Å²) in [4.78, 5) is 6.43. The molecule has 1 heterocycles. The number of hydrogen-bond acceptors (Lipinski definition) is 3. The molecule has 0 amide bonds. The monoisotopic (exact) mass is 237 g/mol. The van der Waals surface area contributed by atoms with Crippen molar-refractivity contribution in [1.29, 1.82) is 0 Å². The molecule has 2 aromatic rings. The van der Waals surface area contributed by atoms with Gasteiger partial charge in [0.2, 0.25) is 0 Å². The molecule has 1 unspecified atom stereocenters. The van der Waals surface area contributed by atoms with Crippen LogP contribution in [0.1, 0.15) is 17.2 Å². The summed E-state index contributed by atoms with van der Waals surface area (Å²) >= 11 is 0. The Morgan fingerprint density at radius 3 is 2.44 bits per heavy atom. The van der Waals surface area contributed by atoms with Crippen molar-refractivity contribution in [2.45, 2.75) is 6.04 Å². The highest BCUT2D eigenvalue weighted by atomic mass is 15.3. The molecule has 2 N–H and O–H groups in total. The van der Waals surface area contributed by atoms with Gasteiger partial charge in [-0.1, -0.05) is 48.5 Å². The van der Waals surface area contributed by atoms with Gasteiger partial charge in [0, 0.05) is 12.6 Å². The number of aliphatic imine (C=N–C) groups is 1. The van der Waals surface area contributed by atoms with Gasteiger partial charge in [-0.15, -0.1) is 0 Å². The molecule has 0 aromatic heterocycles. The number of para-hydroxylation sites is 1. The van der Waals surface area contributed by atoms with Gasteiger partial charge in [-0.25, -0.2) is 4.99 Å². The molecule has 2 aromatic carbocycles. The van der Waals surface area contributed by atoms with E-state index in [-0.39, 0.29) is 6.04 Å². The highest BCUT2D eigenvalue weighted by Crippen LogP contribution is 2.37. The minimum Gasteiger partial charge on any atom is -0.369 e. The summed E-state index contributed by atoms with van der Waals surface area (Å²) in [6, 6.07) is 18.7. The number of fused-ring (bicyclic) bond motifs is 1. The summed E-state index contributed by atoms with van der Waals surface area (Å²) in [5, 5.41) is 0. The standard InChI is InChI=1S/C15H15N3/c1-18-14(11-7-3-2-4-8-11)12-9-5-6-10-13(12)17-15(18)16/h2-10,14H,1H3,(H2,16,17). The predicted octanol–water partition coefficient (Wildman–Crippen LogP) is 2.67. The fourth-order valence-corrected chi connectivity index (χ4v) is 2.40. The van der Waals surface area contributed by atoms with Gasteiger partial charge in [0.1, 0.15) is 0 Å². The molecule has 0 saturated heterocycles. The van der Waals surface area contributed by atoms with Crippen LogP contribution >= 0.6 is 0 Å². The lowest BCUT2D eigenvalue weighted by molar-refractivity contribution is 0.416. The van der Waals surface area contributed by atoms with E-state index in [2.05, 4.69) is 23.2 Å². The third-order valence-electron chi connectivity index (χ3n) is 3.33. The summed E-state index contributed by atoms with van der Waals surface area (Å²) in [6.07, 6.45) is 0. The fraction of sp³-hybridized carbons (Fsp3) is 0.133. The van der Waals surface area contributed by atoms with E-state index < -0.39 is 0 Å². The predicted molar refractivity (Wildman–Crippen MR) is 73.8 cm³/mol. The molecule has 3 heteroatoms. The third kappa shape index (κ3) is 1.64. The third-order valence-corrected chi connectivity index (χ3v) is 3.33. The number of nitrogens with zero attached hydrogens (tertiary/aromatic N) is 2. The molecular formula is C15H15N3. The second-order valence-corrected chi connectivity index (χ2v) is 4.45. The molecule has 18 heavy (non-hydrogen) atoms. The Hall–Kier alpha value is -2.29. The Kier molecular flexibility index (Phi) is 2.52. The lowest BCUT2D eigenvalue weighted by Gasteiger charge is -2.34. The van der Waals surface area contributed by atoms with Gasteiger partial charge in [0.05, 0.1) is 11.7 Å². The first-order valence-electron chi connectivity index (χ1n) is 5.98. The van der Waals surface area contributed by atoms with E-state index in [1.807, 2.05) is 48.3 Å². The van der Waals surface area contributed by atoms with Crippen LogP contribution in [0.25, 0.3) is 0 Å². The number of rotatable bonds is 1. The van der Waals surface area contributed by atoms with E-state index in [0.717, 1.165) is 5.69 Å². The molecule has 0 saturated carbocycles.